The van der Waals surface area contributed by atoms with E-state index in [0.717, 1.165) is 81.9 Å². The Morgan fingerprint density at radius 1 is 0.964 bits per heavy atom. The van der Waals surface area contributed by atoms with Crippen molar-refractivity contribution in [2.75, 3.05) is 35.6 Å². The number of halogens is 1. The van der Waals surface area contributed by atoms with E-state index >= 15 is 0 Å². The summed E-state index contributed by atoms with van der Waals surface area (Å²) in [5.74, 6) is -0.367. The maximum Gasteiger partial charge on any atom is 0.262 e. The van der Waals surface area contributed by atoms with Crippen molar-refractivity contribution in [1.82, 2.24) is 34.9 Å². The number of hydrogen-bond acceptors (Lipinski definition) is 11. The van der Waals surface area contributed by atoms with Crippen molar-refractivity contribution in [3.63, 3.8) is 0 Å². The summed E-state index contributed by atoms with van der Waals surface area (Å²) in [5, 5.41) is 18.0. The average Bonchev–Trinajstić information content (AvgIpc) is 3.62. The highest BCUT2D eigenvalue weighted by Crippen LogP contribution is 2.33. The number of imide groups is 2. The van der Waals surface area contributed by atoms with Gasteiger partial charge in [-0.3, -0.25) is 34.3 Å². The number of benzene rings is 3. The van der Waals surface area contributed by atoms with Crippen LogP contribution in [0.4, 0.5) is 28.8 Å². The summed E-state index contributed by atoms with van der Waals surface area (Å²) in [6.07, 6.45) is 4.96. The Morgan fingerprint density at radius 3 is 2.59 bits per heavy atom. The van der Waals surface area contributed by atoms with Gasteiger partial charge in [-0.2, -0.15) is 10.1 Å². The summed E-state index contributed by atoms with van der Waals surface area (Å²) in [7, 11) is 1.88. The summed E-state index contributed by atoms with van der Waals surface area (Å²) in [6, 6.07) is 16.7. The van der Waals surface area contributed by atoms with Crippen LogP contribution in [-0.2, 0) is 29.6 Å². The van der Waals surface area contributed by atoms with Gasteiger partial charge in [-0.05, 0) is 101 Å². The number of para-hydroxylation sites is 1. The molecule has 3 aliphatic heterocycles. The van der Waals surface area contributed by atoms with E-state index in [9.17, 15) is 19.2 Å². The number of rotatable bonds is 12. The molecule has 0 aliphatic carbocycles. The van der Waals surface area contributed by atoms with E-state index in [0.29, 0.717) is 24.2 Å². The number of carbonyl (C=O) groups is 4. The Labute approximate surface area is 332 Å². The number of nitrogens with one attached hydrogen (secondary N) is 4. The third-order valence-electron chi connectivity index (χ3n) is 11.0. The van der Waals surface area contributed by atoms with Crippen LogP contribution in [0.15, 0.2) is 65.3 Å². The van der Waals surface area contributed by atoms with Crippen LogP contribution in [0.1, 0.15) is 70.0 Å². The minimum atomic E-state index is -0.979. The number of nitrogens with zero attached hydrogens (tertiary/aromatic N) is 6. The molecule has 4 N–H and O–H groups in total. The molecular weight excluding hydrogens is 776 g/mol. The maximum atomic E-state index is 13.3. The Hall–Kier alpha value is -5.67. The lowest BCUT2D eigenvalue weighted by molar-refractivity contribution is -0.136. The van der Waals surface area contributed by atoms with Crippen LogP contribution in [0.5, 0.6) is 0 Å². The molecule has 0 saturated carbocycles. The predicted molar refractivity (Wildman–Crippen MR) is 217 cm³/mol. The topological polar surface area (TPSA) is 166 Å². The highest BCUT2D eigenvalue weighted by atomic mass is 79.9. The Bertz CT molecular complexity index is 2380. The SMILES string of the molecule is CCC(CCNc1ccc2c(c1)C(=O)N(C1CCC(=O)NC1=O)C2=O)CN1CCc2ccc(Nc3ncc4c(Nc5c(C)cccc5Br)nn(C)c4n3)cc2C1. The average molecular weight is 820 g/mol. The Balaban J connectivity index is 0.865. The monoisotopic (exact) mass is 818 g/mol. The quantitative estimate of drug-likeness (QED) is 0.106. The van der Waals surface area contributed by atoms with Crippen molar-refractivity contribution in [1.29, 1.82) is 0 Å². The number of aryl methyl sites for hydroxylation is 2. The van der Waals surface area contributed by atoms with E-state index in [-0.39, 0.29) is 24.0 Å². The third kappa shape index (κ3) is 7.35. The summed E-state index contributed by atoms with van der Waals surface area (Å²) < 4.78 is 2.72. The predicted octanol–water partition coefficient (Wildman–Crippen LogP) is 6.21. The highest BCUT2D eigenvalue weighted by molar-refractivity contribution is 9.10. The minimum absolute atomic E-state index is 0.0885. The molecule has 3 aliphatic rings. The molecule has 2 atom stereocenters. The summed E-state index contributed by atoms with van der Waals surface area (Å²) in [6.45, 7) is 7.77. The number of anilines is 5. The molecule has 14 nitrogen and oxygen atoms in total. The number of fused-ring (bicyclic) bond motifs is 3. The van der Waals surface area contributed by atoms with Crippen LogP contribution in [0.25, 0.3) is 11.0 Å². The van der Waals surface area contributed by atoms with Crippen molar-refractivity contribution in [3.8, 4) is 0 Å². The first kappa shape index (κ1) is 37.3. The molecule has 2 aromatic heterocycles. The van der Waals surface area contributed by atoms with Gasteiger partial charge >= 0.3 is 0 Å². The van der Waals surface area contributed by atoms with E-state index in [4.69, 9.17) is 4.98 Å². The molecule has 15 heteroatoms. The van der Waals surface area contributed by atoms with Crippen LogP contribution in [0, 0.1) is 12.8 Å². The zero-order chi connectivity index (χ0) is 39.1. The van der Waals surface area contributed by atoms with Gasteiger partial charge in [0.1, 0.15) is 6.04 Å². The van der Waals surface area contributed by atoms with Crippen LogP contribution in [0.2, 0.25) is 0 Å². The van der Waals surface area contributed by atoms with Crippen LogP contribution >= 0.6 is 15.9 Å². The molecule has 8 rings (SSSR count). The van der Waals surface area contributed by atoms with Gasteiger partial charge in [0.2, 0.25) is 17.8 Å². The lowest BCUT2D eigenvalue weighted by atomic mass is 9.96. The minimum Gasteiger partial charge on any atom is -0.385 e. The first-order valence-corrected chi connectivity index (χ1v) is 19.8. The second-order valence-corrected chi connectivity index (χ2v) is 15.6. The fourth-order valence-corrected chi connectivity index (χ4v) is 8.43. The van der Waals surface area contributed by atoms with E-state index < -0.39 is 29.7 Å². The molecule has 4 amide bonds. The molecule has 0 radical (unpaired) electrons. The molecule has 0 spiro atoms. The van der Waals surface area contributed by atoms with Gasteiger partial charge in [0, 0.05) is 61.7 Å². The second-order valence-electron chi connectivity index (χ2n) is 14.8. The number of carbonyl (C=O) groups excluding carboxylic acids is 4. The summed E-state index contributed by atoms with van der Waals surface area (Å²) in [4.78, 5) is 63.3. The fourth-order valence-electron chi connectivity index (χ4n) is 7.87. The second kappa shape index (κ2) is 15.5. The zero-order valence-corrected chi connectivity index (χ0v) is 33.1. The normalized spacial score (nSPS) is 17.5. The van der Waals surface area contributed by atoms with Crippen molar-refractivity contribution in [2.24, 2.45) is 13.0 Å². The number of hydrogen-bond donors (Lipinski definition) is 4. The van der Waals surface area contributed by atoms with E-state index in [1.165, 1.54) is 11.1 Å². The van der Waals surface area contributed by atoms with Gasteiger partial charge in [0.05, 0.1) is 22.2 Å². The largest absolute Gasteiger partial charge is 0.385 e. The van der Waals surface area contributed by atoms with Crippen molar-refractivity contribution < 1.29 is 19.2 Å². The lowest BCUT2D eigenvalue weighted by Gasteiger charge is -2.32. The van der Waals surface area contributed by atoms with Crippen molar-refractivity contribution >= 4 is 79.4 Å². The molecule has 0 bridgehead atoms. The number of piperidine rings is 1. The first-order valence-electron chi connectivity index (χ1n) is 19.0. The van der Waals surface area contributed by atoms with Crippen molar-refractivity contribution in [3.05, 3.63) is 93.1 Å². The highest BCUT2D eigenvalue weighted by Gasteiger charge is 2.44. The zero-order valence-electron chi connectivity index (χ0n) is 31.5. The molecular formula is C41H43BrN10O4. The summed E-state index contributed by atoms with van der Waals surface area (Å²) >= 11 is 3.63. The van der Waals surface area contributed by atoms with Gasteiger partial charge in [-0.15, -0.1) is 0 Å². The fraction of sp³-hybridized carbons (Fsp3) is 0.341. The lowest BCUT2D eigenvalue weighted by Crippen LogP contribution is -2.54. The molecule has 2 unspecified atom stereocenters. The van der Waals surface area contributed by atoms with E-state index in [1.54, 1.807) is 29.1 Å². The first-order chi connectivity index (χ1) is 27.1. The Morgan fingerprint density at radius 2 is 1.79 bits per heavy atom. The third-order valence-corrected chi connectivity index (χ3v) is 11.7. The van der Waals surface area contributed by atoms with E-state index in [1.807, 2.05) is 32.2 Å². The van der Waals surface area contributed by atoms with Crippen LogP contribution in [0.3, 0.4) is 0 Å². The van der Waals surface area contributed by atoms with Gasteiger partial charge in [-0.1, -0.05) is 31.5 Å². The van der Waals surface area contributed by atoms with Crippen LogP contribution < -0.4 is 21.3 Å². The molecule has 288 valence electrons. The molecule has 1 saturated heterocycles. The Kier molecular flexibility index (Phi) is 10.3. The van der Waals surface area contributed by atoms with E-state index in [2.05, 4.69) is 77.3 Å². The van der Waals surface area contributed by atoms with Crippen LogP contribution in [-0.4, -0.2) is 78.9 Å². The van der Waals surface area contributed by atoms with Gasteiger partial charge in [0.25, 0.3) is 11.8 Å². The molecule has 1 fully saturated rings. The number of amides is 4. The van der Waals surface area contributed by atoms with Crippen molar-refractivity contribution in [2.45, 2.75) is 58.5 Å². The molecule has 5 aromatic rings. The molecule has 3 aromatic carbocycles. The van der Waals surface area contributed by atoms with Gasteiger partial charge in [0.15, 0.2) is 11.5 Å². The van der Waals surface area contributed by atoms with Gasteiger partial charge < -0.3 is 16.0 Å². The smallest absolute Gasteiger partial charge is 0.262 e. The maximum absolute atomic E-state index is 13.3. The standard InChI is InChI=1S/C41H43BrN10O4/c1-4-24(14-16-43-27-10-11-29-30(19-27)40(56)52(39(29)55)33-12-13-34(53)46-38(33)54)21-51-17-15-25-8-9-28(18-26(25)22-51)45-41-44-20-31-36(49-50(3)37(31)48-41)47-35-23(2)6-5-7-32(35)42/h5-11,18-20,24,33,43H,4,12-17,21-22H2,1-3H3,(H,47,49)(H,44,45,48)(H,46,53,54). The molecule has 5 heterocycles. The van der Waals surface area contributed by atoms with Gasteiger partial charge in [-0.25, -0.2) is 9.67 Å². The summed E-state index contributed by atoms with van der Waals surface area (Å²) in [5.41, 5.74) is 7.63. The number of aromatic nitrogens is 4. The molecule has 56 heavy (non-hydrogen) atoms.